The van der Waals surface area contributed by atoms with Crippen LogP contribution in [0.15, 0.2) is 59.7 Å². The van der Waals surface area contributed by atoms with Crippen LogP contribution in [0, 0.1) is 5.82 Å². The van der Waals surface area contributed by atoms with Gasteiger partial charge >= 0.3 is 0 Å². The highest BCUT2D eigenvalue weighted by Gasteiger charge is 2.16. The molecule has 2 heterocycles. The number of nitrogens with zero attached hydrogens (tertiary/aromatic N) is 2. The first-order valence-corrected chi connectivity index (χ1v) is 7.61. The summed E-state index contributed by atoms with van der Waals surface area (Å²) in [6.07, 6.45) is 3.19. The highest BCUT2D eigenvalue weighted by molar-refractivity contribution is 5.94. The van der Waals surface area contributed by atoms with Crippen molar-refractivity contribution in [2.75, 3.05) is 0 Å². The molecule has 0 aliphatic rings. The van der Waals surface area contributed by atoms with Crippen LogP contribution in [0.5, 0.6) is 0 Å². The minimum absolute atomic E-state index is 0.0456. The van der Waals surface area contributed by atoms with Gasteiger partial charge in [-0.3, -0.25) is 14.6 Å². The SMILES string of the molecule is CC(NC(=O)c1cc(-c2ccncc2)n[nH]c1=O)c1ccc(F)cc1. The predicted molar refractivity (Wildman–Crippen MR) is 90.4 cm³/mol. The Morgan fingerprint density at radius 3 is 2.52 bits per heavy atom. The van der Waals surface area contributed by atoms with Crippen molar-refractivity contribution in [1.29, 1.82) is 0 Å². The minimum Gasteiger partial charge on any atom is -0.345 e. The molecule has 2 N–H and O–H groups in total. The number of carbonyl (C=O) groups excluding carboxylic acids is 1. The van der Waals surface area contributed by atoms with E-state index in [1.54, 1.807) is 43.6 Å². The van der Waals surface area contributed by atoms with Gasteiger partial charge in [0.25, 0.3) is 11.5 Å². The molecule has 1 amide bonds. The molecule has 0 aliphatic carbocycles. The molecule has 0 saturated heterocycles. The van der Waals surface area contributed by atoms with Gasteiger partial charge in [-0.1, -0.05) is 12.1 Å². The maximum Gasteiger partial charge on any atom is 0.277 e. The van der Waals surface area contributed by atoms with Gasteiger partial charge < -0.3 is 5.32 Å². The topological polar surface area (TPSA) is 87.7 Å². The van der Waals surface area contributed by atoms with Gasteiger partial charge in [0.1, 0.15) is 11.4 Å². The van der Waals surface area contributed by atoms with Crippen molar-refractivity contribution < 1.29 is 9.18 Å². The van der Waals surface area contributed by atoms with E-state index in [0.29, 0.717) is 5.69 Å². The van der Waals surface area contributed by atoms with E-state index in [-0.39, 0.29) is 17.4 Å². The van der Waals surface area contributed by atoms with Crippen molar-refractivity contribution in [3.8, 4) is 11.3 Å². The Hall–Kier alpha value is -3.35. The van der Waals surface area contributed by atoms with Gasteiger partial charge in [-0.2, -0.15) is 5.10 Å². The van der Waals surface area contributed by atoms with Gasteiger partial charge in [-0.15, -0.1) is 0 Å². The summed E-state index contributed by atoms with van der Waals surface area (Å²) in [4.78, 5) is 28.3. The molecule has 0 bridgehead atoms. The molecular weight excluding hydrogens is 323 g/mol. The van der Waals surface area contributed by atoms with Crippen LogP contribution in [0.25, 0.3) is 11.3 Å². The second-order valence-electron chi connectivity index (χ2n) is 5.48. The molecule has 1 aromatic carbocycles. The van der Waals surface area contributed by atoms with Crippen LogP contribution < -0.4 is 10.9 Å². The Morgan fingerprint density at radius 1 is 1.16 bits per heavy atom. The largest absolute Gasteiger partial charge is 0.345 e. The van der Waals surface area contributed by atoms with E-state index in [1.807, 2.05) is 0 Å². The predicted octanol–water partition coefficient (Wildman–Crippen LogP) is 2.46. The Bertz CT molecular complexity index is 939. The number of pyridine rings is 1. The van der Waals surface area contributed by atoms with Crippen LogP contribution in [-0.4, -0.2) is 21.1 Å². The van der Waals surface area contributed by atoms with Gasteiger partial charge in [0, 0.05) is 18.0 Å². The molecule has 0 aliphatic heterocycles. The third kappa shape index (κ3) is 3.77. The summed E-state index contributed by atoms with van der Waals surface area (Å²) in [5.74, 6) is -0.884. The van der Waals surface area contributed by atoms with E-state index < -0.39 is 11.5 Å². The standard InChI is InChI=1S/C18H15FN4O2/c1-11(12-2-4-14(19)5-3-12)21-17(24)15-10-16(22-23-18(15)25)13-6-8-20-9-7-13/h2-11H,1H3,(H,21,24)(H,23,25). The van der Waals surface area contributed by atoms with E-state index in [9.17, 15) is 14.0 Å². The van der Waals surface area contributed by atoms with E-state index in [2.05, 4.69) is 20.5 Å². The number of H-pyrrole nitrogens is 1. The molecule has 0 spiro atoms. The van der Waals surface area contributed by atoms with Crippen molar-refractivity contribution in [2.45, 2.75) is 13.0 Å². The number of nitrogens with one attached hydrogen (secondary N) is 2. The fraction of sp³-hybridized carbons (Fsp3) is 0.111. The summed E-state index contributed by atoms with van der Waals surface area (Å²) in [7, 11) is 0. The fourth-order valence-corrected chi connectivity index (χ4v) is 2.35. The molecule has 6 nitrogen and oxygen atoms in total. The first-order valence-electron chi connectivity index (χ1n) is 7.61. The summed E-state index contributed by atoms with van der Waals surface area (Å²) in [5.41, 5.74) is 1.29. The summed E-state index contributed by atoms with van der Waals surface area (Å²) in [6, 6.07) is 10.3. The monoisotopic (exact) mass is 338 g/mol. The van der Waals surface area contributed by atoms with E-state index in [4.69, 9.17) is 0 Å². The van der Waals surface area contributed by atoms with Gasteiger partial charge in [-0.05, 0) is 42.8 Å². The van der Waals surface area contributed by atoms with Gasteiger partial charge in [0.15, 0.2) is 0 Å². The molecule has 0 fully saturated rings. The summed E-state index contributed by atoms with van der Waals surface area (Å²) >= 11 is 0. The fourth-order valence-electron chi connectivity index (χ4n) is 2.35. The number of carbonyl (C=O) groups is 1. The number of benzene rings is 1. The average molecular weight is 338 g/mol. The minimum atomic E-state index is -0.582. The number of amides is 1. The average Bonchev–Trinajstić information content (AvgIpc) is 2.63. The first kappa shape index (κ1) is 16.5. The number of rotatable bonds is 4. The lowest BCUT2D eigenvalue weighted by atomic mass is 10.1. The lowest BCUT2D eigenvalue weighted by molar-refractivity contribution is 0.0938. The molecule has 126 valence electrons. The quantitative estimate of drug-likeness (QED) is 0.765. The van der Waals surface area contributed by atoms with E-state index in [0.717, 1.165) is 11.1 Å². The van der Waals surface area contributed by atoms with Crippen LogP contribution in [-0.2, 0) is 0 Å². The summed E-state index contributed by atoms with van der Waals surface area (Å²) in [6.45, 7) is 1.75. The molecule has 1 unspecified atom stereocenters. The molecule has 1 atom stereocenters. The first-order chi connectivity index (χ1) is 12.0. The van der Waals surface area contributed by atoms with E-state index >= 15 is 0 Å². The summed E-state index contributed by atoms with van der Waals surface area (Å²) in [5, 5.41) is 9.01. The smallest absolute Gasteiger partial charge is 0.277 e. The zero-order valence-electron chi connectivity index (χ0n) is 13.4. The van der Waals surface area contributed by atoms with Gasteiger partial charge in [-0.25, -0.2) is 9.49 Å². The van der Waals surface area contributed by atoms with Crippen molar-refractivity contribution in [3.05, 3.63) is 82.2 Å². The Kier molecular flexibility index (Phi) is 4.65. The van der Waals surface area contributed by atoms with Crippen molar-refractivity contribution >= 4 is 5.91 Å². The molecular formula is C18H15FN4O2. The Morgan fingerprint density at radius 2 is 1.84 bits per heavy atom. The summed E-state index contributed by atoms with van der Waals surface area (Å²) < 4.78 is 13.0. The maximum atomic E-state index is 13.0. The van der Waals surface area contributed by atoms with Crippen molar-refractivity contribution in [3.63, 3.8) is 0 Å². The third-order valence-electron chi connectivity index (χ3n) is 3.74. The van der Waals surface area contributed by atoms with Crippen molar-refractivity contribution in [2.24, 2.45) is 0 Å². The molecule has 3 aromatic rings. The highest BCUT2D eigenvalue weighted by atomic mass is 19.1. The highest BCUT2D eigenvalue weighted by Crippen LogP contribution is 2.16. The zero-order valence-corrected chi connectivity index (χ0v) is 13.4. The van der Waals surface area contributed by atoms with Gasteiger partial charge in [0.2, 0.25) is 0 Å². The zero-order chi connectivity index (χ0) is 17.8. The Balaban J connectivity index is 1.84. The molecule has 0 radical (unpaired) electrons. The second-order valence-corrected chi connectivity index (χ2v) is 5.48. The third-order valence-corrected chi connectivity index (χ3v) is 3.74. The number of hydrogen-bond donors (Lipinski definition) is 2. The lowest BCUT2D eigenvalue weighted by Crippen LogP contribution is -2.32. The van der Waals surface area contributed by atoms with Gasteiger partial charge in [0.05, 0.1) is 11.7 Å². The maximum absolute atomic E-state index is 13.0. The molecule has 25 heavy (non-hydrogen) atoms. The van der Waals surface area contributed by atoms with Crippen LogP contribution in [0.1, 0.15) is 28.9 Å². The molecule has 7 heteroatoms. The molecule has 2 aromatic heterocycles. The number of aromatic amines is 1. The van der Waals surface area contributed by atoms with Crippen LogP contribution >= 0.6 is 0 Å². The number of halogens is 1. The number of hydrogen-bond acceptors (Lipinski definition) is 4. The lowest BCUT2D eigenvalue weighted by Gasteiger charge is -2.14. The number of aromatic nitrogens is 3. The molecule has 3 rings (SSSR count). The van der Waals surface area contributed by atoms with Crippen molar-refractivity contribution in [1.82, 2.24) is 20.5 Å². The van der Waals surface area contributed by atoms with Crippen LogP contribution in [0.2, 0.25) is 0 Å². The Labute approximate surface area is 142 Å². The second kappa shape index (κ2) is 7.04. The normalized spacial score (nSPS) is 11.8. The molecule has 0 saturated carbocycles. The van der Waals surface area contributed by atoms with Crippen LogP contribution in [0.3, 0.4) is 0 Å². The van der Waals surface area contributed by atoms with Crippen LogP contribution in [0.4, 0.5) is 4.39 Å². The van der Waals surface area contributed by atoms with E-state index in [1.165, 1.54) is 18.2 Å².